The highest BCUT2D eigenvalue weighted by atomic mass is 16.5. The number of nitrogens with one attached hydrogen (secondary N) is 1. The predicted octanol–water partition coefficient (Wildman–Crippen LogP) is 0.281. The van der Waals surface area contributed by atoms with Gasteiger partial charge in [0.2, 0.25) is 0 Å². The average Bonchev–Trinajstić information content (AvgIpc) is 2.68. The number of carboxylic acid groups (broad SMARTS) is 1. The molecule has 0 aromatic heterocycles. The van der Waals surface area contributed by atoms with E-state index in [4.69, 9.17) is 9.84 Å². The second-order valence-electron chi connectivity index (χ2n) is 4.04. The summed E-state index contributed by atoms with van der Waals surface area (Å²) in [6.07, 6.45) is 1.15. The first-order valence-electron chi connectivity index (χ1n) is 5.36. The summed E-state index contributed by atoms with van der Waals surface area (Å²) < 4.78 is 5.05. The summed E-state index contributed by atoms with van der Waals surface area (Å²) in [6, 6.07) is -0.366. The first-order chi connectivity index (χ1) is 7.52. The van der Waals surface area contributed by atoms with Crippen molar-refractivity contribution in [3.63, 3.8) is 0 Å². The van der Waals surface area contributed by atoms with E-state index >= 15 is 0 Å². The highest BCUT2D eigenvalue weighted by Gasteiger charge is 2.44. The van der Waals surface area contributed by atoms with E-state index in [1.54, 1.807) is 7.05 Å². The highest BCUT2D eigenvalue weighted by Crippen LogP contribution is 2.19. The number of amides is 2. The summed E-state index contributed by atoms with van der Waals surface area (Å²) in [5.74, 6) is -1.04. The van der Waals surface area contributed by atoms with Crippen LogP contribution >= 0.6 is 0 Å². The zero-order chi connectivity index (χ0) is 12.2. The van der Waals surface area contributed by atoms with Crippen molar-refractivity contribution in [2.45, 2.75) is 25.3 Å². The molecule has 1 atom stereocenters. The number of carbonyl (C=O) groups excluding carboxylic acids is 1. The number of hydrogen-bond acceptors (Lipinski definition) is 3. The van der Waals surface area contributed by atoms with Crippen LogP contribution in [-0.2, 0) is 9.53 Å². The van der Waals surface area contributed by atoms with Crippen LogP contribution in [0.5, 0.6) is 0 Å². The van der Waals surface area contributed by atoms with Gasteiger partial charge in [-0.05, 0) is 6.42 Å². The third-order valence-corrected chi connectivity index (χ3v) is 2.68. The van der Waals surface area contributed by atoms with Gasteiger partial charge in [-0.25, -0.2) is 9.59 Å². The van der Waals surface area contributed by atoms with E-state index in [1.165, 1.54) is 4.90 Å². The Balaban J connectivity index is 2.62. The molecule has 2 amide bonds. The average molecular weight is 230 g/mol. The van der Waals surface area contributed by atoms with E-state index < -0.39 is 11.5 Å². The summed E-state index contributed by atoms with van der Waals surface area (Å²) in [7, 11) is 1.64. The molecule has 1 heterocycles. The van der Waals surface area contributed by atoms with Gasteiger partial charge in [0.05, 0.1) is 6.61 Å². The summed E-state index contributed by atoms with van der Waals surface area (Å²) in [5.41, 5.74) is -1.25. The Morgan fingerprint density at radius 2 is 2.25 bits per heavy atom. The SMILES string of the molecule is CCCN(C)C(=O)NC1(C(=O)O)CCOC1. The monoisotopic (exact) mass is 230 g/mol. The van der Waals surface area contributed by atoms with Crippen molar-refractivity contribution in [2.75, 3.05) is 26.8 Å². The molecule has 0 aromatic carbocycles. The maximum Gasteiger partial charge on any atom is 0.332 e. The van der Waals surface area contributed by atoms with Crippen LogP contribution in [0.2, 0.25) is 0 Å². The number of aliphatic carboxylic acids is 1. The van der Waals surface area contributed by atoms with Crippen LogP contribution < -0.4 is 5.32 Å². The van der Waals surface area contributed by atoms with Crippen molar-refractivity contribution in [1.82, 2.24) is 10.2 Å². The molecule has 0 aromatic rings. The van der Waals surface area contributed by atoms with Crippen molar-refractivity contribution in [3.8, 4) is 0 Å². The van der Waals surface area contributed by atoms with Gasteiger partial charge in [0.1, 0.15) is 0 Å². The Hall–Kier alpha value is -1.30. The molecule has 1 unspecified atom stereocenters. The van der Waals surface area contributed by atoms with E-state index in [0.29, 0.717) is 19.6 Å². The minimum absolute atomic E-state index is 0.0358. The minimum atomic E-state index is -1.25. The molecule has 2 N–H and O–H groups in total. The third kappa shape index (κ3) is 2.63. The van der Waals surface area contributed by atoms with Crippen LogP contribution in [0.1, 0.15) is 19.8 Å². The molecule has 1 saturated heterocycles. The normalized spacial score (nSPS) is 24.1. The van der Waals surface area contributed by atoms with Crippen LogP contribution in [-0.4, -0.2) is 54.4 Å². The summed E-state index contributed by atoms with van der Waals surface area (Å²) in [6.45, 7) is 2.95. The molecular formula is C10H18N2O4. The Kier molecular flexibility index (Phi) is 4.12. The lowest BCUT2D eigenvalue weighted by Gasteiger charge is -2.27. The molecule has 0 spiro atoms. The molecular weight excluding hydrogens is 212 g/mol. The van der Waals surface area contributed by atoms with Gasteiger partial charge in [-0.2, -0.15) is 0 Å². The fraction of sp³-hybridized carbons (Fsp3) is 0.800. The molecule has 0 radical (unpaired) electrons. The van der Waals surface area contributed by atoms with Gasteiger partial charge in [-0.1, -0.05) is 6.92 Å². The molecule has 0 saturated carbocycles. The lowest BCUT2D eigenvalue weighted by Crippen LogP contribution is -2.58. The third-order valence-electron chi connectivity index (χ3n) is 2.68. The summed E-state index contributed by atoms with van der Waals surface area (Å²) in [4.78, 5) is 24.3. The number of nitrogens with zero attached hydrogens (tertiary/aromatic N) is 1. The zero-order valence-corrected chi connectivity index (χ0v) is 9.65. The van der Waals surface area contributed by atoms with E-state index in [9.17, 15) is 9.59 Å². The van der Waals surface area contributed by atoms with Gasteiger partial charge in [-0.3, -0.25) is 0 Å². The molecule has 6 heteroatoms. The number of hydrogen-bond donors (Lipinski definition) is 2. The molecule has 6 nitrogen and oxygen atoms in total. The second-order valence-corrected chi connectivity index (χ2v) is 4.04. The van der Waals surface area contributed by atoms with E-state index in [-0.39, 0.29) is 12.6 Å². The van der Waals surface area contributed by atoms with Gasteiger partial charge < -0.3 is 20.1 Å². The Labute approximate surface area is 94.6 Å². The largest absolute Gasteiger partial charge is 0.479 e. The quantitative estimate of drug-likeness (QED) is 0.727. The lowest BCUT2D eigenvalue weighted by atomic mass is 9.99. The maximum absolute atomic E-state index is 11.7. The van der Waals surface area contributed by atoms with Crippen LogP contribution in [0.3, 0.4) is 0 Å². The van der Waals surface area contributed by atoms with Crippen molar-refractivity contribution in [3.05, 3.63) is 0 Å². The van der Waals surface area contributed by atoms with E-state index in [2.05, 4.69) is 5.32 Å². The zero-order valence-electron chi connectivity index (χ0n) is 9.65. The number of rotatable bonds is 4. The molecule has 1 aliphatic rings. The van der Waals surface area contributed by atoms with Gasteiger partial charge in [0.15, 0.2) is 5.54 Å². The van der Waals surface area contributed by atoms with Gasteiger partial charge in [0, 0.05) is 26.6 Å². The van der Waals surface area contributed by atoms with Crippen molar-refractivity contribution in [2.24, 2.45) is 0 Å². The standard InChI is InChI=1S/C10H18N2O4/c1-3-5-12(2)9(15)11-10(8(13)14)4-6-16-7-10/h3-7H2,1-2H3,(H,11,15)(H,13,14). The van der Waals surface area contributed by atoms with Gasteiger partial charge in [-0.15, -0.1) is 0 Å². The topological polar surface area (TPSA) is 78.9 Å². The predicted molar refractivity (Wildman–Crippen MR) is 57.3 cm³/mol. The van der Waals surface area contributed by atoms with E-state index in [0.717, 1.165) is 6.42 Å². The second kappa shape index (κ2) is 5.16. The van der Waals surface area contributed by atoms with Crippen molar-refractivity contribution in [1.29, 1.82) is 0 Å². The summed E-state index contributed by atoms with van der Waals surface area (Å²) in [5, 5.41) is 11.6. The Bertz CT molecular complexity index is 274. The van der Waals surface area contributed by atoms with Crippen molar-refractivity contribution < 1.29 is 19.4 Å². The number of carbonyl (C=O) groups is 2. The summed E-state index contributed by atoms with van der Waals surface area (Å²) >= 11 is 0. The Morgan fingerprint density at radius 3 is 2.69 bits per heavy atom. The van der Waals surface area contributed by atoms with Gasteiger partial charge >= 0.3 is 12.0 Å². The number of ether oxygens (including phenoxy) is 1. The molecule has 0 bridgehead atoms. The van der Waals surface area contributed by atoms with E-state index in [1.807, 2.05) is 6.92 Å². The Morgan fingerprint density at radius 1 is 1.56 bits per heavy atom. The fourth-order valence-corrected chi connectivity index (χ4v) is 1.62. The van der Waals surface area contributed by atoms with Crippen LogP contribution in [0.15, 0.2) is 0 Å². The molecule has 92 valence electrons. The molecule has 1 fully saturated rings. The minimum Gasteiger partial charge on any atom is -0.479 e. The van der Waals surface area contributed by atoms with Gasteiger partial charge in [0.25, 0.3) is 0 Å². The molecule has 16 heavy (non-hydrogen) atoms. The smallest absolute Gasteiger partial charge is 0.332 e. The number of urea groups is 1. The first kappa shape index (κ1) is 12.8. The molecule has 1 rings (SSSR count). The lowest BCUT2D eigenvalue weighted by molar-refractivity contribution is -0.144. The van der Waals surface area contributed by atoms with Crippen molar-refractivity contribution >= 4 is 12.0 Å². The maximum atomic E-state index is 11.7. The highest BCUT2D eigenvalue weighted by molar-refractivity contribution is 5.86. The fourth-order valence-electron chi connectivity index (χ4n) is 1.62. The molecule has 0 aliphatic carbocycles. The first-order valence-corrected chi connectivity index (χ1v) is 5.36. The van der Waals surface area contributed by atoms with Crippen LogP contribution in [0.25, 0.3) is 0 Å². The van der Waals surface area contributed by atoms with Crippen LogP contribution in [0, 0.1) is 0 Å². The molecule has 1 aliphatic heterocycles. The number of carboxylic acids is 1. The van der Waals surface area contributed by atoms with Crippen LogP contribution in [0.4, 0.5) is 4.79 Å².